The van der Waals surface area contributed by atoms with Crippen molar-refractivity contribution in [2.75, 3.05) is 18.4 Å². The molecule has 1 heterocycles. The van der Waals surface area contributed by atoms with Gasteiger partial charge in [-0.15, -0.1) is 0 Å². The zero-order valence-electron chi connectivity index (χ0n) is 11.3. The van der Waals surface area contributed by atoms with Gasteiger partial charge in [0.25, 0.3) is 0 Å². The number of benzene rings is 1. The molecule has 0 spiro atoms. The molecule has 20 heavy (non-hydrogen) atoms. The second kappa shape index (κ2) is 6.17. The molecule has 0 bridgehead atoms. The Morgan fingerprint density at radius 3 is 2.75 bits per heavy atom. The third-order valence-electron chi connectivity index (χ3n) is 3.57. The van der Waals surface area contributed by atoms with E-state index in [0.29, 0.717) is 5.69 Å². The van der Waals surface area contributed by atoms with Crippen molar-refractivity contribution < 1.29 is 18.3 Å². The van der Waals surface area contributed by atoms with Crippen molar-refractivity contribution in [3.05, 3.63) is 24.3 Å². The van der Waals surface area contributed by atoms with Gasteiger partial charge in [-0.2, -0.15) is 8.78 Å². The second-order valence-electron chi connectivity index (χ2n) is 5.17. The summed E-state index contributed by atoms with van der Waals surface area (Å²) in [6, 6.07) is 6.04. The molecule has 0 atom stereocenters. The van der Waals surface area contributed by atoms with Gasteiger partial charge in [-0.05, 0) is 38.1 Å². The maximum Gasteiger partial charge on any atom is 0.387 e. The molecule has 1 amide bonds. The average Bonchev–Trinajstić information content (AvgIpc) is 2.39. The summed E-state index contributed by atoms with van der Waals surface area (Å²) in [7, 11) is 0. The van der Waals surface area contributed by atoms with Gasteiger partial charge >= 0.3 is 6.61 Å². The summed E-state index contributed by atoms with van der Waals surface area (Å²) in [5.41, 5.74) is 0.0399. The van der Waals surface area contributed by atoms with Gasteiger partial charge in [-0.25, -0.2) is 0 Å². The molecule has 6 heteroatoms. The number of alkyl halides is 2. The minimum Gasteiger partial charge on any atom is -0.435 e. The largest absolute Gasteiger partial charge is 0.435 e. The number of ether oxygens (including phenoxy) is 1. The number of piperidine rings is 1. The monoisotopic (exact) mass is 284 g/mol. The fourth-order valence-electron chi connectivity index (χ4n) is 2.24. The number of hydrogen-bond donors (Lipinski definition) is 2. The van der Waals surface area contributed by atoms with Crippen molar-refractivity contribution in [2.24, 2.45) is 5.41 Å². The first kappa shape index (κ1) is 14.7. The Labute approximate surface area is 116 Å². The minimum absolute atomic E-state index is 0.0354. The van der Waals surface area contributed by atoms with Crippen LogP contribution in [0.3, 0.4) is 0 Å². The Morgan fingerprint density at radius 1 is 1.40 bits per heavy atom. The normalized spacial score (nSPS) is 17.8. The minimum atomic E-state index is -2.87. The van der Waals surface area contributed by atoms with Gasteiger partial charge in [0.15, 0.2) is 0 Å². The summed E-state index contributed by atoms with van der Waals surface area (Å²) in [5.74, 6) is -0.0542. The van der Waals surface area contributed by atoms with Crippen LogP contribution in [0.15, 0.2) is 24.3 Å². The van der Waals surface area contributed by atoms with Crippen LogP contribution in [-0.2, 0) is 4.79 Å². The number of carbonyl (C=O) groups is 1. The first-order valence-electron chi connectivity index (χ1n) is 6.57. The van der Waals surface area contributed by atoms with E-state index in [2.05, 4.69) is 15.4 Å². The maximum atomic E-state index is 12.3. The lowest BCUT2D eigenvalue weighted by Crippen LogP contribution is -2.42. The van der Waals surface area contributed by atoms with E-state index in [1.165, 1.54) is 12.1 Å². The summed E-state index contributed by atoms with van der Waals surface area (Å²) >= 11 is 0. The Morgan fingerprint density at radius 2 is 2.10 bits per heavy atom. The number of carbonyl (C=O) groups excluding carboxylic acids is 1. The van der Waals surface area contributed by atoms with Crippen molar-refractivity contribution in [1.29, 1.82) is 0 Å². The molecule has 2 rings (SSSR count). The molecule has 1 saturated heterocycles. The molecule has 0 saturated carbocycles. The van der Waals surface area contributed by atoms with E-state index < -0.39 is 12.0 Å². The van der Waals surface area contributed by atoms with Crippen molar-refractivity contribution in [2.45, 2.75) is 26.4 Å². The van der Waals surface area contributed by atoms with Gasteiger partial charge in [0.05, 0.1) is 0 Å². The van der Waals surface area contributed by atoms with E-state index in [0.717, 1.165) is 25.9 Å². The molecule has 1 aliphatic heterocycles. The highest BCUT2D eigenvalue weighted by molar-refractivity contribution is 5.95. The van der Waals surface area contributed by atoms with Gasteiger partial charge in [0.1, 0.15) is 5.75 Å². The summed E-state index contributed by atoms with van der Waals surface area (Å²) < 4.78 is 28.6. The molecule has 0 aromatic heterocycles. The first-order chi connectivity index (χ1) is 9.49. The Bertz CT molecular complexity index is 474. The lowest BCUT2D eigenvalue weighted by atomic mass is 9.80. The number of anilines is 1. The topological polar surface area (TPSA) is 50.4 Å². The van der Waals surface area contributed by atoms with Gasteiger partial charge in [0.2, 0.25) is 5.91 Å². The van der Waals surface area contributed by atoms with E-state index in [1.807, 2.05) is 6.92 Å². The predicted octanol–water partition coefficient (Wildman–Crippen LogP) is 2.62. The predicted molar refractivity (Wildman–Crippen MR) is 71.9 cm³/mol. The van der Waals surface area contributed by atoms with Gasteiger partial charge in [-0.3, -0.25) is 4.79 Å². The first-order valence-corrected chi connectivity index (χ1v) is 6.57. The van der Waals surface area contributed by atoms with Gasteiger partial charge < -0.3 is 15.4 Å². The molecule has 110 valence electrons. The van der Waals surface area contributed by atoms with Crippen LogP contribution in [0.5, 0.6) is 5.75 Å². The molecule has 1 aliphatic rings. The number of amides is 1. The van der Waals surface area contributed by atoms with Crippen molar-refractivity contribution in [3.63, 3.8) is 0 Å². The third kappa shape index (κ3) is 3.66. The van der Waals surface area contributed by atoms with Gasteiger partial charge in [-0.1, -0.05) is 13.0 Å². The van der Waals surface area contributed by atoms with Crippen LogP contribution in [0, 0.1) is 5.41 Å². The van der Waals surface area contributed by atoms with Crippen LogP contribution >= 0.6 is 0 Å². The number of nitrogens with one attached hydrogen (secondary N) is 2. The molecular formula is C14H18F2N2O2. The highest BCUT2D eigenvalue weighted by atomic mass is 19.3. The molecule has 0 unspecified atom stereocenters. The molecule has 4 nitrogen and oxygen atoms in total. The van der Waals surface area contributed by atoms with Crippen LogP contribution < -0.4 is 15.4 Å². The molecule has 1 aromatic carbocycles. The van der Waals surface area contributed by atoms with E-state index >= 15 is 0 Å². The smallest absolute Gasteiger partial charge is 0.387 e. The lowest BCUT2D eigenvalue weighted by molar-refractivity contribution is -0.126. The number of halogens is 2. The summed E-state index contributed by atoms with van der Waals surface area (Å²) in [5, 5.41) is 5.98. The average molecular weight is 284 g/mol. The van der Waals surface area contributed by atoms with E-state index in [-0.39, 0.29) is 11.7 Å². The van der Waals surface area contributed by atoms with Gasteiger partial charge in [0, 0.05) is 17.2 Å². The quantitative estimate of drug-likeness (QED) is 0.893. The van der Waals surface area contributed by atoms with Crippen LogP contribution in [0.2, 0.25) is 0 Å². The van der Waals surface area contributed by atoms with Crippen molar-refractivity contribution >= 4 is 11.6 Å². The number of hydrogen-bond acceptors (Lipinski definition) is 3. The van der Waals surface area contributed by atoms with Crippen LogP contribution in [0.25, 0.3) is 0 Å². The fourth-order valence-corrected chi connectivity index (χ4v) is 2.24. The Kier molecular flexibility index (Phi) is 4.54. The van der Waals surface area contributed by atoms with E-state index in [1.54, 1.807) is 12.1 Å². The van der Waals surface area contributed by atoms with E-state index in [4.69, 9.17) is 0 Å². The van der Waals surface area contributed by atoms with E-state index in [9.17, 15) is 13.6 Å². The SMILES string of the molecule is CC1(C(=O)Nc2cccc(OC(F)F)c2)CCNCC1. The van der Waals surface area contributed by atoms with Crippen LogP contribution in [0.4, 0.5) is 14.5 Å². The standard InChI is InChI=1S/C14H18F2N2O2/c1-14(5-7-17-8-6-14)12(19)18-10-3-2-4-11(9-10)20-13(15)16/h2-4,9,13,17H,5-8H2,1H3,(H,18,19). The Hall–Kier alpha value is -1.69. The second-order valence-corrected chi connectivity index (χ2v) is 5.17. The molecule has 0 radical (unpaired) electrons. The van der Waals surface area contributed by atoms with Crippen LogP contribution in [-0.4, -0.2) is 25.6 Å². The van der Waals surface area contributed by atoms with Crippen LogP contribution in [0.1, 0.15) is 19.8 Å². The highest BCUT2D eigenvalue weighted by Gasteiger charge is 2.34. The molecule has 1 aromatic rings. The Balaban J connectivity index is 2.03. The zero-order chi connectivity index (χ0) is 14.6. The highest BCUT2D eigenvalue weighted by Crippen LogP contribution is 2.30. The molecule has 0 aliphatic carbocycles. The molecular weight excluding hydrogens is 266 g/mol. The summed E-state index contributed by atoms with van der Waals surface area (Å²) in [4.78, 5) is 12.3. The zero-order valence-corrected chi connectivity index (χ0v) is 11.3. The summed E-state index contributed by atoms with van der Waals surface area (Å²) in [6.07, 6.45) is 1.51. The maximum absolute atomic E-state index is 12.3. The molecule has 1 fully saturated rings. The molecule has 2 N–H and O–H groups in total. The summed E-state index contributed by atoms with van der Waals surface area (Å²) in [6.45, 7) is 0.655. The third-order valence-corrected chi connectivity index (χ3v) is 3.57. The van der Waals surface area contributed by atoms with Crippen molar-refractivity contribution in [1.82, 2.24) is 5.32 Å². The fraction of sp³-hybridized carbons (Fsp3) is 0.500. The van der Waals surface area contributed by atoms with Crippen molar-refractivity contribution in [3.8, 4) is 5.75 Å². The lowest BCUT2D eigenvalue weighted by Gasteiger charge is -2.32. The number of rotatable bonds is 4.